The molecule has 0 fully saturated rings. The molecule has 0 bridgehead atoms. The smallest absolute Gasteiger partial charge is 0.258 e. The first kappa shape index (κ1) is 16.4. The van der Waals surface area contributed by atoms with E-state index in [4.69, 9.17) is 0 Å². The highest BCUT2D eigenvalue weighted by Crippen LogP contribution is 2.26. The van der Waals surface area contributed by atoms with Gasteiger partial charge in [-0.2, -0.15) is 0 Å². The van der Waals surface area contributed by atoms with Crippen LogP contribution in [0.4, 0.5) is 0 Å². The monoisotopic (exact) mass is 391 g/mol. The van der Waals surface area contributed by atoms with Gasteiger partial charge in [-0.05, 0) is 53.7 Å². The van der Waals surface area contributed by atoms with Gasteiger partial charge >= 0.3 is 0 Å². The van der Waals surface area contributed by atoms with E-state index < -0.39 is 0 Å². The van der Waals surface area contributed by atoms with Crippen molar-refractivity contribution in [3.05, 3.63) is 61.2 Å². The highest BCUT2D eigenvalue weighted by Gasteiger charge is 2.18. The fraction of sp³-hybridized carbons (Fsp3) is 0.294. The van der Waals surface area contributed by atoms with Crippen LogP contribution >= 0.6 is 27.3 Å². The molecule has 4 nitrogen and oxygen atoms in total. The van der Waals surface area contributed by atoms with Gasteiger partial charge in [0.25, 0.3) is 5.56 Å². The molecule has 0 saturated heterocycles. The Morgan fingerprint density at radius 2 is 2.09 bits per heavy atom. The van der Waals surface area contributed by atoms with Gasteiger partial charge in [0.1, 0.15) is 5.82 Å². The topological polar surface area (TPSA) is 49.0 Å². The predicted molar refractivity (Wildman–Crippen MR) is 98.9 cm³/mol. The SMILES string of the molecule is CCN(Cc1ccc(Br)s1)[C@@H](C)c1nc2ccccc2c(=O)[nH]1. The number of fused-ring (bicyclic) bond motifs is 1. The highest BCUT2D eigenvalue weighted by molar-refractivity contribution is 9.11. The summed E-state index contributed by atoms with van der Waals surface area (Å²) in [5.74, 6) is 0.714. The van der Waals surface area contributed by atoms with Crippen molar-refractivity contribution >= 4 is 38.2 Å². The van der Waals surface area contributed by atoms with Crippen LogP contribution in [0.2, 0.25) is 0 Å². The number of halogens is 1. The van der Waals surface area contributed by atoms with Crippen molar-refractivity contribution in [3.8, 4) is 0 Å². The molecule has 0 unspecified atom stereocenters. The third-order valence-electron chi connectivity index (χ3n) is 3.97. The van der Waals surface area contributed by atoms with Crippen molar-refractivity contribution < 1.29 is 0 Å². The minimum absolute atomic E-state index is 0.0400. The van der Waals surface area contributed by atoms with Crippen LogP contribution in [0.3, 0.4) is 0 Å². The second kappa shape index (κ2) is 6.95. The largest absolute Gasteiger partial charge is 0.309 e. The van der Waals surface area contributed by atoms with Gasteiger partial charge in [-0.3, -0.25) is 9.69 Å². The number of nitrogens with zero attached hydrogens (tertiary/aromatic N) is 2. The molecule has 3 aromatic rings. The summed E-state index contributed by atoms with van der Waals surface area (Å²) in [5, 5.41) is 0.633. The maximum atomic E-state index is 12.3. The van der Waals surface area contributed by atoms with E-state index in [0.717, 1.165) is 22.4 Å². The van der Waals surface area contributed by atoms with Gasteiger partial charge in [0.05, 0.1) is 20.7 Å². The molecule has 23 heavy (non-hydrogen) atoms. The average molecular weight is 392 g/mol. The van der Waals surface area contributed by atoms with Crippen LogP contribution in [-0.2, 0) is 6.54 Å². The molecular weight excluding hydrogens is 374 g/mol. The highest BCUT2D eigenvalue weighted by atomic mass is 79.9. The maximum Gasteiger partial charge on any atom is 0.258 e. The standard InChI is InChI=1S/C17H18BrN3OS/c1-3-21(10-12-8-9-15(18)23-12)11(2)16-19-14-7-5-4-6-13(14)17(22)20-16/h4-9,11H,3,10H2,1-2H3,(H,19,20,22)/t11-/m0/s1. The first-order chi connectivity index (χ1) is 11.1. The zero-order valence-corrected chi connectivity index (χ0v) is 15.4. The molecule has 3 rings (SSSR count). The number of aromatic amines is 1. The lowest BCUT2D eigenvalue weighted by atomic mass is 10.2. The minimum atomic E-state index is -0.0765. The molecule has 0 amide bonds. The molecule has 0 aliphatic carbocycles. The third-order valence-corrected chi connectivity index (χ3v) is 5.58. The summed E-state index contributed by atoms with van der Waals surface area (Å²) >= 11 is 5.24. The van der Waals surface area contributed by atoms with Crippen molar-refractivity contribution in [3.63, 3.8) is 0 Å². The summed E-state index contributed by atoms with van der Waals surface area (Å²) in [6.45, 7) is 5.93. The number of hydrogen-bond acceptors (Lipinski definition) is 4. The molecule has 0 radical (unpaired) electrons. The van der Waals surface area contributed by atoms with Crippen LogP contribution in [0.25, 0.3) is 10.9 Å². The molecule has 0 spiro atoms. The first-order valence-corrected chi connectivity index (χ1v) is 9.16. The third kappa shape index (κ3) is 3.54. The number of rotatable bonds is 5. The van der Waals surface area contributed by atoms with E-state index in [0.29, 0.717) is 11.2 Å². The number of thiophene rings is 1. The number of hydrogen-bond donors (Lipinski definition) is 1. The molecule has 2 aromatic heterocycles. The fourth-order valence-electron chi connectivity index (χ4n) is 2.63. The molecule has 6 heteroatoms. The number of aromatic nitrogens is 2. The van der Waals surface area contributed by atoms with E-state index in [1.54, 1.807) is 17.4 Å². The molecule has 0 aliphatic rings. The van der Waals surface area contributed by atoms with Gasteiger partial charge in [0, 0.05) is 11.4 Å². The molecule has 0 aliphatic heterocycles. The lowest BCUT2D eigenvalue weighted by Gasteiger charge is -2.26. The summed E-state index contributed by atoms with van der Waals surface area (Å²) in [7, 11) is 0. The number of para-hydroxylation sites is 1. The van der Waals surface area contributed by atoms with Crippen molar-refractivity contribution in [1.82, 2.24) is 14.9 Å². The minimum Gasteiger partial charge on any atom is -0.309 e. The normalized spacial score (nSPS) is 12.9. The van der Waals surface area contributed by atoms with Crippen molar-refractivity contribution in [2.45, 2.75) is 26.4 Å². The lowest BCUT2D eigenvalue weighted by Crippen LogP contribution is -2.29. The Labute approximate surface area is 147 Å². The van der Waals surface area contributed by atoms with Crippen molar-refractivity contribution in [2.75, 3.05) is 6.54 Å². The van der Waals surface area contributed by atoms with Gasteiger partial charge in [-0.25, -0.2) is 4.98 Å². The van der Waals surface area contributed by atoms with Crippen LogP contribution in [-0.4, -0.2) is 21.4 Å². The van der Waals surface area contributed by atoms with Gasteiger partial charge in [0.15, 0.2) is 0 Å². The van der Waals surface area contributed by atoms with E-state index in [-0.39, 0.29) is 11.6 Å². The van der Waals surface area contributed by atoms with E-state index in [2.05, 4.69) is 56.8 Å². The Morgan fingerprint density at radius 3 is 2.78 bits per heavy atom. The number of benzene rings is 1. The molecular formula is C17H18BrN3OS. The molecule has 120 valence electrons. The Balaban J connectivity index is 1.91. The van der Waals surface area contributed by atoms with Crippen LogP contribution in [0.1, 0.15) is 30.6 Å². The molecule has 1 N–H and O–H groups in total. The quantitative estimate of drug-likeness (QED) is 0.703. The Hall–Kier alpha value is -1.50. The zero-order valence-electron chi connectivity index (χ0n) is 13.0. The second-order valence-electron chi connectivity index (χ2n) is 5.41. The second-order valence-corrected chi connectivity index (χ2v) is 7.96. The van der Waals surface area contributed by atoms with Crippen molar-refractivity contribution in [1.29, 1.82) is 0 Å². The Bertz CT molecular complexity index is 873. The molecule has 1 aromatic carbocycles. The van der Waals surface area contributed by atoms with Gasteiger partial charge in [-0.1, -0.05) is 19.1 Å². The van der Waals surface area contributed by atoms with Crippen LogP contribution in [0.5, 0.6) is 0 Å². The molecule has 0 saturated carbocycles. The van der Waals surface area contributed by atoms with Crippen LogP contribution in [0, 0.1) is 0 Å². The summed E-state index contributed by atoms with van der Waals surface area (Å²) in [6.07, 6.45) is 0. The zero-order chi connectivity index (χ0) is 16.4. The first-order valence-electron chi connectivity index (χ1n) is 7.55. The van der Waals surface area contributed by atoms with Crippen LogP contribution < -0.4 is 5.56 Å². The average Bonchev–Trinajstić information content (AvgIpc) is 2.97. The van der Waals surface area contributed by atoms with Gasteiger partial charge < -0.3 is 4.98 Å². The maximum absolute atomic E-state index is 12.3. The van der Waals surface area contributed by atoms with E-state index in [9.17, 15) is 4.79 Å². The van der Waals surface area contributed by atoms with E-state index in [1.165, 1.54) is 4.88 Å². The molecule has 1 atom stereocenters. The van der Waals surface area contributed by atoms with E-state index in [1.807, 2.05) is 18.2 Å². The fourth-order valence-corrected chi connectivity index (χ4v) is 4.14. The summed E-state index contributed by atoms with van der Waals surface area (Å²) in [5.41, 5.74) is 0.667. The molecule has 2 heterocycles. The number of H-pyrrole nitrogens is 1. The number of nitrogens with one attached hydrogen (secondary N) is 1. The van der Waals surface area contributed by atoms with Gasteiger partial charge in [-0.15, -0.1) is 11.3 Å². The lowest BCUT2D eigenvalue weighted by molar-refractivity contribution is 0.207. The van der Waals surface area contributed by atoms with Crippen molar-refractivity contribution in [2.24, 2.45) is 0 Å². The Kier molecular flexibility index (Phi) is 4.94. The Morgan fingerprint density at radius 1 is 1.30 bits per heavy atom. The summed E-state index contributed by atoms with van der Waals surface area (Å²) in [4.78, 5) is 23.4. The predicted octanol–water partition coefficient (Wildman–Crippen LogP) is 4.33. The van der Waals surface area contributed by atoms with E-state index >= 15 is 0 Å². The van der Waals surface area contributed by atoms with Gasteiger partial charge in [0.2, 0.25) is 0 Å². The summed E-state index contributed by atoms with van der Waals surface area (Å²) in [6, 6.07) is 11.7. The summed E-state index contributed by atoms with van der Waals surface area (Å²) < 4.78 is 1.13. The van der Waals surface area contributed by atoms with Crippen LogP contribution in [0.15, 0.2) is 45.0 Å².